The molecule has 2 heterocycles. The predicted octanol–water partition coefficient (Wildman–Crippen LogP) is 6.61. The van der Waals surface area contributed by atoms with Gasteiger partial charge in [-0.2, -0.15) is 18.2 Å². The van der Waals surface area contributed by atoms with Crippen LogP contribution < -0.4 is 4.90 Å². The van der Waals surface area contributed by atoms with Crippen molar-refractivity contribution in [1.82, 2.24) is 10.1 Å². The average molecular weight is 538 g/mol. The number of alkyl halides is 3. The lowest BCUT2D eigenvalue weighted by Gasteiger charge is -2.23. The summed E-state index contributed by atoms with van der Waals surface area (Å²) < 4.78 is 50.1. The number of anilines is 1. The Kier molecular flexibility index (Phi) is 6.93. The fourth-order valence-corrected chi connectivity index (χ4v) is 4.39. The van der Waals surface area contributed by atoms with Crippen molar-refractivity contribution in [2.45, 2.75) is 57.9 Å². The number of fused-ring (bicyclic) bond motifs is 1. The van der Waals surface area contributed by atoms with Gasteiger partial charge in [0.25, 0.3) is 5.89 Å². The largest absolute Gasteiger partial charge is 0.465 e. The zero-order valence-electron chi connectivity index (χ0n) is 20.1. The number of amides is 1. The summed E-state index contributed by atoms with van der Waals surface area (Å²) in [5, 5.41) is 13.2. The molecule has 0 spiro atoms. The molecule has 0 fully saturated rings. The van der Waals surface area contributed by atoms with Gasteiger partial charge in [-0.3, -0.25) is 9.69 Å². The van der Waals surface area contributed by atoms with Crippen LogP contribution in [0.1, 0.15) is 44.7 Å². The van der Waals surface area contributed by atoms with Crippen LogP contribution in [-0.4, -0.2) is 39.0 Å². The van der Waals surface area contributed by atoms with Crippen LogP contribution >= 0.6 is 11.6 Å². The number of carboxylic acid groups (broad SMARTS) is 1. The molecule has 2 aromatic carbocycles. The van der Waals surface area contributed by atoms with Gasteiger partial charge in [-0.25, -0.2) is 4.79 Å². The second kappa shape index (κ2) is 9.70. The molecular formula is C25H23ClF3N3O5. The smallest absolute Gasteiger partial charge is 0.417 e. The van der Waals surface area contributed by atoms with E-state index in [0.717, 1.165) is 12.1 Å². The molecule has 1 amide bonds. The van der Waals surface area contributed by atoms with Crippen molar-refractivity contribution >= 4 is 29.4 Å². The van der Waals surface area contributed by atoms with Crippen molar-refractivity contribution in [1.29, 1.82) is 0 Å². The van der Waals surface area contributed by atoms with Crippen LogP contribution in [0.15, 0.2) is 40.9 Å². The Morgan fingerprint density at radius 1 is 1.16 bits per heavy atom. The highest BCUT2D eigenvalue weighted by Crippen LogP contribution is 2.39. The molecule has 3 aromatic rings. The number of carbonyl (C=O) groups excluding carboxylic acids is 1. The maximum absolute atomic E-state index is 13.2. The normalized spacial score (nSPS) is 15.5. The lowest BCUT2D eigenvalue weighted by atomic mass is 10.0. The van der Waals surface area contributed by atoms with E-state index in [9.17, 15) is 27.9 Å². The molecular weight excluding hydrogens is 515 g/mol. The van der Waals surface area contributed by atoms with Crippen molar-refractivity contribution in [3.05, 3.63) is 52.5 Å². The molecule has 0 radical (unpaired) electrons. The van der Waals surface area contributed by atoms with Crippen LogP contribution in [0.4, 0.5) is 23.7 Å². The highest BCUT2D eigenvalue weighted by atomic mass is 35.5. The van der Waals surface area contributed by atoms with Crippen molar-refractivity contribution < 1.29 is 37.1 Å². The number of halogens is 4. The first kappa shape index (κ1) is 26.5. The molecule has 12 heteroatoms. The molecule has 4 rings (SSSR count). The van der Waals surface area contributed by atoms with Crippen LogP contribution in [0.5, 0.6) is 0 Å². The first-order chi connectivity index (χ1) is 17.2. The molecule has 0 bridgehead atoms. The Bertz CT molecular complexity index is 1350. The number of carbonyl (C=O) groups is 2. The Hall–Kier alpha value is -3.60. The highest BCUT2D eigenvalue weighted by Gasteiger charge is 2.35. The van der Waals surface area contributed by atoms with Gasteiger partial charge in [-0.1, -0.05) is 16.8 Å². The van der Waals surface area contributed by atoms with Crippen LogP contribution in [-0.2, 0) is 22.1 Å². The first-order valence-electron chi connectivity index (χ1n) is 11.3. The van der Waals surface area contributed by atoms with Crippen molar-refractivity contribution in [3.63, 3.8) is 0 Å². The Balaban J connectivity index is 1.55. The standard InChI is InChI=1S/C25H23ClF3N3O5/c1-24(2,3)36-20(33)9-6-16-11-15-10-13(5-8-19(15)32(16)23(34)35)21-30-22(37-31-21)14-4-7-18(26)17(12-14)25(27,28)29/h4-5,7-8,10,12,16H,6,9,11H2,1-3H3,(H,34,35). The van der Waals surface area contributed by atoms with Gasteiger partial charge in [-0.05, 0) is 75.6 Å². The molecule has 8 nitrogen and oxygen atoms in total. The summed E-state index contributed by atoms with van der Waals surface area (Å²) >= 11 is 5.68. The quantitative estimate of drug-likeness (QED) is 0.365. The second-order valence-electron chi connectivity index (χ2n) is 9.59. The molecule has 1 atom stereocenters. The molecule has 37 heavy (non-hydrogen) atoms. The van der Waals surface area contributed by atoms with Crippen LogP contribution in [0.25, 0.3) is 22.8 Å². The van der Waals surface area contributed by atoms with E-state index in [4.69, 9.17) is 20.9 Å². The fraction of sp³-hybridized carbons (Fsp3) is 0.360. The van der Waals surface area contributed by atoms with E-state index in [1.807, 2.05) is 0 Å². The van der Waals surface area contributed by atoms with Crippen molar-refractivity contribution in [2.24, 2.45) is 0 Å². The minimum atomic E-state index is -4.65. The SMILES string of the molecule is CC(C)(C)OC(=O)CCC1Cc2cc(-c3noc(-c4ccc(Cl)c(C(F)(F)F)c4)n3)ccc2N1C(=O)O. The summed E-state index contributed by atoms with van der Waals surface area (Å²) in [6.45, 7) is 5.27. The number of rotatable bonds is 5. The Morgan fingerprint density at radius 3 is 2.51 bits per heavy atom. The number of esters is 1. The third kappa shape index (κ3) is 5.87. The van der Waals surface area contributed by atoms with Crippen LogP contribution in [0.3, 0.4) is 0 Å². The van der Waals surface area contributed by atoms with Crippen LogP contribution in [0.2, 0.25) is 5.02 Å². The van der Waals surface area contributed by atoms with E-state index < -0.39 is 40.5 Å². The van der Waals surface area contributed by atoms with Gasteiger partial charge < -0.3 is 14.4 Å². The average Bonchev–Trinajstić information content (AvgIpc) is 3.40. The number of hydrogen-bond acceptors (Lipinski definition) is 6. The Morgan fingerprint density at radius 2 is 1.86 bits per heavy atom. The summed E-state index contributed by atoms with van der Waals surface area (Å²) in [6, 6.07) is 7.73. The Labute approximate surface area is 215 Å². The van der Waals surface area contributed by atoms with Crippen LogP contribution in [0, 0.1) is 0 Å². The molecule has 196 valence electrons. The molecule has 1 aliphatic rings. The first-order valence-corrected chi connectivity index (χ1v) is 11.7. The van der Waals surface area contributed by atoms with Gasteiger partial charge in [0.15, 0.2) is 0 Å². The number of benzene rings is 2. The molecule has 1 unspecified atom stereocenters. The van der Waals surface area contributed by atoms with Crippen molar-refractivity contribution in [2.75, 3.05) is 4.90 Å². The molecule has 0 saturated heterocycles. The maximum atomic E-state index is 13.2. The fourth-order valence-electron chi connectivity index (χ4n) is 4.17. The zero-order chi connectivity index (χ0) is 27.1. The third-order valence-corrected chi connectivity index (χ3v) is 6.00. The van der Waals surface area contributed by atoms with E-state index in [-0.39, 0.29) is 30.1 Å². The van der Waals surface area contributed by atoms with Gasteiger partial charge in [0.05, 0.1) is 16.3 Å². The lowest BCUT2D eigenvalue weighted by molar-refractivity contribution is -0.155. The molecule has 0 aliphatic carbocycles. The summed E-state index contributed by atoms with van der Waals surface area (Å²) in [6.07, 6.45) is -5.11. The topological polar surface area (TPSA) is 106 Å². The van der Waals surface area contributed by atoms with E-state index in [1.165, 1.54) is 11.0 Å². The van der Waals surface area contributed by atoms with Crippen molar-refractivity contribution in [3.8, 4) is 22.8 Å². The molecule has 1 aromatic heterocycles. The minimum Gasteiger partial charge on any atom is -0.465 e. The van der Waals surface area contributed by atoms with Gasteiger partial charge in [0.1, 0.15) is 5.60 Å². The lowest BCUT2D eigenvalue weighted by Crippen LogP contribution is -2.37. The van der Waals surface area contributed by atoms with E-state index >= 15 is 0 Å². The summed E-state index contributed by atoms with van der Waals surface area (Å²) in [5.74, 6) is -0.412. The number of hydrogen-bond donors (Lipinski definition) is 1. The predicted molar refractivity (Wildman–Crippen MR) is 128 cm³/mol. The summed E-state index contributed by atoms with van der Waals surface area (Å²) in [5.41, 5.74) is 0.0665. The zero-order valence-corrected chi connectivity index (χ0v) is 20.9. The number of nitrogens with zero attached hydrogens (tertiary/aromatic N) is 3. The third-order valence-electron chi connectivity index (χ3n) is 5.67. The maximum Gasteiger partial charge on any atom is 0.417 e. The number of aromatic nitrogens is 2. The second-order valence-corrected chi connectivity index (χ2v) is 10.0. The summed E-state index contributed by atoms with van der Waals surface area (Å²) in [7, 11) is 0. The molecule has 1 aliphatic heterocycles. The van der Waals surface area contributed by atoms with E-state index in [0.29, 0.717) is 23.2 Å². The van der Waals surface area contributed by atoms with Gasteiger partial charge in [0.2, 0.25) is 5.82 Å². The molecule has 0 saturated carbocycles. The number of ether oxygens (including phenoxy) is 1. The van der Waals surface area contributed by atoms with Gasteiger partial charge in [0, 0.05) is 23.6 Å². The highest BCUT2D eigenvalue weighted by molar-refractivity contribution is 6.31. The molecule has 1 N–H and O–H groups in total. The van der Waals surface area contributed by atoms with E-state index in [1.54, 1.807) is 39.0 Å². The van der Waals surface area contributed by atoms with Gasteiger partial charge >= 0.3 is 18.2 Å². The summed E-state index contributed by atoms with van der Waals surface area (Å²) in [4.78, 5) is 29.5. The monoisotopic (exact) mass is 537 g/mol. The van der Waals surface area contributed by atoms with Gasteiger partial charge in [-0.15, -0.1) is 0 Å². The minimum absolute atomic E-state index is 0.0518. The van der Waals surface area contributed by atoms with E-state index in [2.05, 4.69) is 10.1 Å².